The Morgan fingerprint density at radius 2 is 1.68 bits per heavy atom. The number of aryl methyl sites for hydroxylation is 1. The number of hydrogen-bond acceptors (Lipinski definition) is 10. The first-order valence-corrected chi connectivity index (χ1v) is 12.7. The van der Waals surface area contributed by atoms with Crippen molar-refractivity contribution in [3.63, 3.8) is 0 Å². The smallest absolute Gasteiger partial charge is 0.229 e. The van der Waals surface area contributed by atoms with Gasteiger partial charge in [0.25, 0.3) is 0 Å². The van der Waals surface area contributed by atoms with Gasteiger partial charge >= 0.3 is 0 Å². The molecule has 1 aliphatic rings. The molecular weight excluding hydrogens is 478 g/mol. The average Bonchev–Trinajstić information content (AvgIpc) is 2.89. The summed E-state index contributed by atoms with van der Waals surface area (Å²) in [6, 6.07) is 16.3. The molecule has 1 aromatic carbocycles. The molecule has 5 rings (SSSR count). The van der Waals surface area contributed by atoms with E-state index in [1.54, 1.807) is 31.6 Å². The van der Waals surface area contributed by atoms with Crippen LogP contribution in [0.2, 0.25) is 0 Å². The van der Waals surface area contributed by atoms with Gasteiger partial charge in [-0.3, -0.25) is 4.90 Å². The molecule has 4 heterocycles. The highest BCUT2D eigenvalue weighted by Crippen LogP contribution is 2.27. The number of methoxy groups -OCH3 is 1. The number of nitrogens with zero attached hydrogens (tertiary/aromatic N) is 6. The molecule has 3 aromatic heterocycles. The van der Waals surface area contributed by atoms with Gasteiger partial charge in [-0.25, -0.2) is 19.9 Å². The maximum absolute atomic E-state index is 5.65. The summed E-state index contributed by atoms with van der Waals surface area (Å²) in [5.41, 5.74) is 3.64. The van der Waals surface area contributed by atoms with Crippen molar-refractivity contribution in [2.45, 2.75) is 39.4 Å². The summed E-state index contributed by atoms with van der Waals surface area (Å²) in [5.74, 6) is 3.12. The van der Waals surface area contributed by atoms with Crippen LogP contribution in [0, 0.1) is 6.92 Å². The van der Waals surface area contributed by atoms with Crippen LogP contribution in [0.25, 0.3) is 11.5 Å². The Labute approximate surface area is 223 Å². The zero-order valence-corrected chi connectivity index (χ0v) is 22.1. The van der Waals surface area contributed by atoms with Crippen LogP contribution in [0.5, 0.6) is 5.75 Å². The molecule has 10 heteroatoms. The number of anilines is 4. The molecule has 3 N–H and O–H groups in total. The fraction of sp³-hybridized carbons (Fsp3) is 0.321. The third kappa shape index (κ3) is 6.39. The van der Waals surface area contributed by atoms with Gasteiger partial charge in [0.1, 0.15) is 23.1 Å². The molecule has 38 heavy (non-hydrogen) atoms. The Morgan fingerprint density at radius 3 is 2.45 bits per heavy atom. The van der Waals surface area contributed by atoms with Crippen molar-refractivity contribution in [1.29, 1.82) is 0 Å². The number of pyridine rings is 1. The molecule has 1 fully saturated rings. The van der Waals surface area contributed by atoms with Crippen molar-refractivity contribution < 1.29 is 4.74 Å². The van der Waals surface area contributed by atoms with Gasteiger partial charge in [-0.05, 0) is 63.2 Å². The molecular formula is C28H33N9O. The van der Waals surface area contributed by atoms with Crippen molar-refractivity contribution in [2.24, 2.45) is 0 Å². The lowest BCUT2D eigenvalue weighted by molar-refractivity contribution is 0.165. The first-order chi connectivity index (χ1) is 18.4. The third-order valence-electron chi connectivity index (χ3n) is 6.25. The summed E-state index contributed by atoms with van der Waals surface area (Å²) >= 11 is 0. The van der Waals surface area contributed by atoms with E-state index in [4.69, 9.17) is 4.74 Å². The van der Waals surface area contributed by atoms with Gasteiger partial charge in [0.2, 0.25) is 5.95 Å². The maximum atomic E-state index is 5.65. The SMILES string of the molecule is COc1ccc(Nc2nccc(Nc3ccnc(-c4cccc(C)n4)n3)n2)cc1CN1C[C@@H](C)N[C@@H](C)C1. The van der Waals surface area contributed by atoms with Crippen LogP contribution >= 0.6 is 0 Å². The van der Waals surface area contributed by atoms with E-state index >= 15 is 0 Å². The molecule has 0 saturated carbocycles. The minimum absolute atomic E-state index is 0.453. The molecule has 0 unspecified atom stereocenters. The minimum Gasteiger partial charge on any atom is -0.496 e. The van der Waals surface area contributed by atoms with Gasteiger partial charge in [-0.1, -0.05) is 6.07 Å². The zero-order valence-electron chi connectivity index (χ0n) is 22.1. The summed E-state index contributed by atoms with van der Waals surface area (Å²) in [6.45, 7) is 9.18. The standard InChI is InChI=1S/C28H33N9O/c1-18-6-5-7-23(32-18)27-29-12-10-25(35-27)34-26-11-13-30-28(36-26)33-22-8-9-24(38-4)21(14-22)17-37-15-19(2)31-20(3)16-37/h5-14,19-20,31H,15-17H2,1-4H3,(H2,29,30,33,34,35,36)/t19-,20+. The molecule has 0 radical (unpaired) electrons. The van der Waals surface area contributed by atoms with Crippen LogP contribution in [0.3, 0.4) is 0 Å². The number of rotatable bonds is 8. The van der Waals surface area contributed by atoms with Crippen LogP contribution in [0.15, 0.2) is 60.9 Å². The quantitative estimate of drug-likeness (QED) is 0.316. The average molecular weight is 512 g/mol. The Morgan fingerprint density at radius 1 is 0.921 bits per heavy atom. The monoisotopic (exact) mass is 511 g/mol. The van der Waals surface area contributed by atoms with E-state index in [1.807, 2.05) is 37.3 Å². The second kappa shape index (κ2) is 11.5. The van der Waals surface area contributed by atoms with E-state index in [2.05, 4.69) is 65.7 Å². The highest BCUT2D eigenvalue weighted by atomic mass is 16.5. The number of aromatic nitrogens is 5. The molecule has 0 bridgehead atoms. The summed E-state index contributed by atoms with van der Waals surface area (Å²) in [6.07, 6.45) is 3.41. The molecule has 10 nitrogen and oxygen atoms in total. The molecule has 0 amide bonds. The first-order valence-electron chi connectivity index (χ1n) is 12.7. The second-order valence-electron chi connectivity index (χ2n) is 9.63. The number of piperazine rings is 1. The van der Waals surface area contributed by atoms with E-state index in [9.17, 15) is 0 Å². The molecule has 1 saturated heterocycles. The van der Waals surface area contributed by atoms with Crippen LogP contribution in [-0.2, 0) is 6.54 Å². The van der Waals surface area contributed by atoms with Crippen LogP contribution in [-0.4, -0.2) is 62.1 Å². The van der Waals surface area contributed by atoms with Crippen LogP contribution < -0.4 is 20.7 Å². The fourth-order valence-corrected chi connectivity index (χ4v) is 4.76. The van der Waals surface area contributed by atoms with Crippen molar-refractivity contribution in [1.82, 2.24) is 35.1 Å². The summed E-state index contributed by atoms with van der Waals surface area (Å²) in [7, 11) is 1.71. The summed E-state index contributed by atoms with van der Waals surface area (Å²) in [4.78, 5) is 25.0. The summed E-state index contributed by atoms with van der Waals surface area (Å²) in [5, 5.41) is 10.2. The second-order valence-corrected chi connectivity index (χ2v) is 9.63. The Balaban J connectivity index is 1.30. The highest BCUT2D eigenvalue weighted by molar-refractivity contribution is 5.61. The number of nitrogens with one attached hydrogen (secondary N) is 3. The lowest BCUT2D eigenvalue weighted by atomic mass is 10.1. The van der Waals surface area contributed by atoms with Crippen LogP contribution in [0.4, 0.5) is 23.3 Å². The van der Waals surface area contributed by atoms with Crippen LogP contribution in [0.1, 0.15) is 25.1 Å². The van der Waals surface area contributed by atoms with Gasteiger partial charge in [-0.15, -0.1) is 0 Å². The predicted octanol–water partition coefficient (Wildman–Crippen LogP) is 4.32. The molecule has 0 aliphatic carbocycles. The fourth-order valence-electron chi connectivity index (χ4n) is 4.76. The van der Waals surface area contributed by atoms with Crippen molar-refractivity contribution in [3.8, 4) is 17.3 Å². The lowest BCUT2D eigenvalue weighted by Crippen LogP contribution is -2.53. The number of benzene rings is 1. The Bertz CT molecular complexity index is 1390. The maximum Gasteiger partial charge on any atom is 0.229 e. The first kappa shape index (κ1) is 25.5. The highest BCUT2D eigenvalue weighted by Gasteiger charge is 2.22. The predicted molar refractivity (Wildman–Crippen MR) is 149 cm³/mol. The van der Waals surface area contributed by atoms with Crippen molar-refractivity contribution >= 4 is 23.3 Å². The molecule has 1 aliphatic heterocycles. The molecule has 0 spiro atoms. The van der Waals surface area contributed by atoms with E-state index in [1.165, 1.54) is 0 Å². The summed E-state index contributed by atoms with van der Waals surface area (Å²) < 4.78 is 5.65. The topological polar surface area (TPSA) is 113 Å². The third-order valence-corrected chi connectivity index (χ3v) is 6.25. The Kier molecular flexibility index (Phi) is 7.71. The van der Waals surface area contributed by atoms with Crippen molar-refractivity contribution in [3.05, 3.63) is 72.2 Å². The van der Waals surface area contributed by atoms with E-state index in [-0.39, 0.29) is 0 Å². The van der Waals surface area contributed by atoms with Gasteiger partial charge < -0.3 is 20.7 Å². The molecule has 4 aromatic rings. The zero-order chi connectivity index (χ0) is 26.5. The minimum atomic E-state index is 0.453. The van der Waals surface area contributed by atoms with E-state index in [0.717, 1.165) is 48.0 Å². The van der Waals surface area contributed by atoms with Gasteiger partial charge in [0, 0.05) is 61.1 Å². The number of hydrogen-bond donors (Lipinski definition) is 3. The number of ether oxygens (including phenoxy) is 1. The lowest BCUT2D eigenvalue weighted by Gasteiger charge is -2.36. The largest absolute Gasteiger partial charge is 0.496 e. The molecule has 2 atom stereocenters. The van der Waals surface area contributed by atoms with Crippen molar-refractivity contribution in [2.75, 3.05) is 30.8 Å². The molecule has 196 valence electrons. The van der Waals surface area contributed by atoms with Gasteiger partial charge in [0.15, 0.2) is 5.82 Å². The Hall–Kier alpha value is -4.15. The van der Waals surface area contributed by atoms with E-state index < -0.39 is 0 Å². The van der Waals surface area contributed by atoms with Gasteiger partial charge in [-0.2, -0.15) is 4.98 Å². The van der Waals surface area contributed by atoms with Gasteiger partial charge in [0.05, 0.1) is 7.11 Å². The van der Waals surface area contributed by atoms with E-state index in [0.29, 0.717) is 35.5 Å². The normalized spacial score (nSPS) is 17.7.